The smallest absolute Gasteiger partial charge is 0.355 e. The summed E-state index contributed by atoms with van der Waals surface area (Å²) in [6.07, 6.45) is 7.65. The number of hydrogen-bond acceptors (Lipinski definition) is 10. The van der Waals surface area contributed by atoms with E-state index >= 15 is 0 Å². The molecule has 2 aromatic carbocycles. The lowest BCUT2D eigenvalue weighted by Gasteiger charge is -2.25. The van der Waals surface area contributed by atoms with Crippen LogP contribution in [0, 0.1) is 13.8 Å². The van der Waals surface area contributed by atoms with Crippen LogP contribution < -0.4 is 25.5 Å². The summed E-state index contributed by atoms with van der Waals surface area (Å²) in [5.74, 6) is -1.57. The first-order valence-electron chi connectivity index (χ1n) is 15.7. The van der Waals surface area contributed by atoms with Crippen LogP contribution >= 0.6 is 42.4 Å². The maximum atomic E-state index is 12.8. The molecule has 0 radical (unpaired) electrons. The normalized spacial score (nSPS) is 12.0. The number of aromatic nitrogens is 3. The number of nitrogens with one attached hydrogen (secondary N) is 2. The first kappa shape index (κ1) is 52.2. The Morgan fingerprint density at radius 2 is 1.73 bits per heavy atom. The van der Waals surface area contributed by atoms with Gasteiger partial charge in [-0.3, -0.25) is 24.5 Å². The first-order chi connectivity index (χ1) is 25.3. The number of aryl methyl sites for hydroxylation is 3. The molecule has 1 unspecified atom stereocenters. The number of rotatable bonds is 14. The monoisotopic (exact) mass is 900 g/mol. The van der Waals surface area contributed by atoms with Crippen molar-refractivity contribution in [1.82, 2.24) is 19.7 Å². The highest BCUT2D eigenvalue weighted by Crippen LogP contribution is 2.32. The zero-order valence-corrected chi connectivity index (χ0v) is 36.1. The predicted octanol–water partition coefficient (Wildman–Crippen LogP) is 4.20. The number of carbonyl (C=O) groups excluding carboxylic acids is 1. The van der Waals surface area contributed by atoms with Crippen molar-refractivity contribution in [1.29, 1.82) is 0 Å². The zero-order chi connectivity index (χ0) is 42.8. The van der Waals surface area contributed by atoms with Crippen LogP contribution in [-0.4, -0.2) is 102 Å². The molecular formula is C31H46Cl3F2N6O10PS2. The van der Waals surface area contributed by atoms with Gasteiger partial charge in [-0.1, -0.05) is 48.3 Å². The van der Waals surface area contributed by atoms with Crippen molar-refractivity contribution < 1.29 is 51.0 Å². The number of anilines is 2. The van der Waals surface area contributed by atoms with Gasteiger partial charge in [-0.05, 0) is 61.3 Å². The summed E-state index contributed by atoms with van der Waals surface area (Å²) < 4.78 is 66.6. The van der Waals surface area contributed by atoms with Gasteiger partial charge >= 0.3 is 18.2 Å². The first-order valence-corrected chi connectivity index (χ1v) is 23.1. The van der Waals surface area contributed by atoms with Crippen molar-refractivity contribution >= 4 is 86.6 Å². The highest BCUT2D eigenvalue weighted by atomic mass is 35.5. The lowest BCUT2D eigenvalue weighted by atomic mass is 10.0. The number of ether oxygens (including phenoxy) is 1. The van der Waals surface area contributed by atoms with Crippen LogP contribution in [0.5, 0.6) is 0 Å². The maximum absolute atomic E-state index is 12.8. The maximum Gasteiger partial charge on any atom is 0.355 e. The van der Waals surface area contributed by atoms with Crippen LogP contribution in [-0.2, 0) is 46.2 Å². The Kier molecular flexibility index (Phi) is 23.5. The van der Waals surface area contributed by atoms with Crippen LogP contribution in [0.15, 0.2) is 35.1 Å². The van der Waals surface area contributed by atoms with Crippen molar-refractivity contribution in [3.05, 3.63) is 67.8 Å². The summed E-state index contributed by atoms with van der Waals surface area (Å²) in [7, 11) is -7.36. The summed E-state index contributed by atoms with van der Waals surface area (Å²) >= 11 is 17.5. The van der Waals surface area contributed by atoms with E-state index in [9.17, 15) is 41.0 Å². The third-order valence-electron chi connectivity index (χ3n) is 6.14. The van der Waals surface area contributed by atoms with Gasteiger partial charge in [0.2, 0.25) is 15.9 Å². The molecule has 16 nitrogen and oxygen atoms in total. The molecule has 0 aliphatic rings. The topological polar surface area (TPSA) is 225 Å². The largest absolute Gasteiger partial charge is 0.778 e. The quantitative estimate of drug-likeness (QED) is 0.0774. The summed E-state index contributed by atoms with van der Waals surface area (Å²) in [6, 6.07) is 8.34. The van der Waals surface area contributed by atoms with Crippen molar-refractivity contribution in [3.8, 4) is 5.69 Å². The van der Waals surface area contributed by atoms with E-state index in [-0.39, 0.29) is 50.3 Å². The van der Waals surface area contributed by atoms with E-state index in [1.165, 1.54) is 13.0 Å². The van der Waals surface area contributed by atoms with E-state index in [0.29, 0.717) is 22.2 Å². The molecule has 0 spiro atoms. The number of carbonyl (C=O) groups is 2. The average Bonchev–Trinajstić information content (AvgIpc) is 3.34. The van der Waals surface area contributed by atoms with Gasteiger partial charge in [0.15, 0.2) is 0 Å². The Morgan fingerprint density at radius 3 is 2.16 bits per heavy atom. The standard InChI is InChI=1S/C14H20ClNO2.C11H10Cl2F2N4O3S.C3H8NO5P.C3H9S/c1-4-12-8-6-7-11(3)14(12)16(10-18-5-2)13(17)9-15;1-5-16-19(11(20)18(5)10(14)15)9-4-8(17-23(2,21)22)6(12)3-7(9)13;5-3(6)1-4-2-10(7,8)9;1-4(2)3/h6-8H,4-5,9-10H2,1-3H3;3-4,10,17H,1-2H3;4H,1-2H2,(H,5,6)(H2,7,8,9);1-3H3/q;;;+1/p-1. The fourth-order valence-electron chi connectivity index (χ4n) is 4.05. The van der Waals surface area contributed by atoms with Crippen LogP contribution in [0.4, 0.5) is 20.2 Å². The number of aliphatic carboxylic acids is 1. The number of halogens is 5. The molecule has 1 heterocycles. The number of nitrogens with zero attached hydrogens (tertiary/aromatic N) is 4. The van der Waals surface area contributed by atoms with Crippen LogP contribution in [0.3, 0.4) is 0 Å². The Balaban J connectivity index is 0.000000807. The molecule has 0 bridgehead atoms. The van der Waals surface area contributed by atoms with Crippen molar-refractivity contribution in [2.75, 3.05) is 66.7 Å². The molecule has 0 saturated heterocycles. The Labute approximate surface area is 336 Å². The van der Waals surface area contributed by atoms with E-state index in [1.807, 2.05) is 37.4 Å². The molecule has 24 heteroatoms. The van der Waals surface area contributed by atoms with Crippen molar-refractivity contribution in [3.63, 3.8) is 0 Å². The van der Waals surface area contributed by atoms with E-state index in [2.05, 4.69) is 35.5 Å². The number of amides is 1. The second kappa shape index (κ2) is 24.8. The third kappa shape index (κ3) is 19.8. The van der Waals surface area contributed by atoms with Gasteiger partial charge in [0.1, 0.15) is 26.0 Å². The van der Waals surface area contributed by atoms with Gasteiger partial charge in [0.25, 0.3) is 0 Å². The number of hydrogen-bond donors (Lipinski definition) is 4. The van der Waals surface area contributed by atoms with Crippen molar-refractivity contribution in [2.45, 2.75) is 40.7 Å². The summed E-state index contributed by atoms with van der Waals surface area (Å²) in [5.41, 5.74) is 1.85. The minimum absolute atomic E-state index is 0.0257. The molecule has 1 atom stereocenters. The number of carboxylic acid groups (broad SMARTS) is 1. The number of carboxylic acids is 1. The SMILES string of the molecule is CCOCN(C(=O)CCl)c1c(C)cccc1CC.C[S+](C)C.Cc1nn(-c2cc(NS(C)(=O)=O)c(Cl)cc2Cl)c(=O)n1C(F)F.O=C(O)CNCP(=O)([O-])O. The fraction of sp³-hybridized carbons (Fsp3) is 0.484. The molecule has 312 valence electrons. The summed E-state index contributed by atoms with van der Waals surface area (Å²) in [6.45, 7) is 4.46. The Bertz CT molecular complexity index is 1930. The summed E-state index contributed by atoms with van der Waals surface area (Å²) in [4.78, 5) is 53.4. The van der Waals surface area contributed by atoms with Crippen molar-refractivity contribution in [2.24, 2.45) is 0 Å². The molecule has 55 heavy (non-hydrogen) atoms. The number of para-hydroxylation sites is 1. The molecule has 0 saturated carbocycles. The second-order valence-corrected chi connectivity index (χ2v) is 18.3. The van der Waals surface area contributed by atoms with Gasteiger partial charge in [0.05, 0.1) is 65.0 Å². The minimum atomic E-state index is -4.35. The average molecular weight is 902 g/mol. The van der Waals surface area contributed by atoms with E-state index in [4.69, 9.17) is 49.5 Å². The highest BCUT2D eigenvalue weighted by Gasteiger charge is 2.22. The number of sulfonamides is 1. The molecule has 0 aliphatic heterocycles. The van der Waals surface area contributed by atoms with Crippen LogP contribution in [0.2, 0.25) is 10.0 Å². The molecule has 3 rings (SSSR count). The van der Waals surface area contributed by atoms with E-state index < -0.39 is 48.7 Å². The Hall–Kier alpha value is -2.78. The van der Waals surface area contributed by atoms with E-state index in [0.717, 1.165) is 35.6 Å². The lowest BCUT2D eigenvalue weighted by Crippen LogP contribution is -2.35. The molecule has 1 amide bonds. The molecule has 0 fully saturated rings. The minimum Gasteiger partial charge on any atom is -0.778 e. The second-order valence-electron chi connectivity index (χ2n) is 11.4. The van der Waals surface area contributed by atoms with Gasteiger partial charge < -0.3 is 24.2 Å². The fourth-order valence-corrected chi connectivity index (χ4v) is 5.72. The van der Waals surface area contributed by atoms with Gasteiger partial charge in [-0.2, -0.15) is 13.5 Å². The molecule has 3 aromatic rings. The Morgan fingerprint density at radius 1 is 1.15 bits per heavy atom. The predicted molar refractivity (Wildman–Crippen MR) is 213 cm³/mol. The third-order valence-corrected chi connectivity index (χ3v) is 8.19. The number of alkyl halides is 3. The van der Waals surface area contributed by atoms with Gasteiger partial charge in [-0.15, -0.1) is 16.7 Å². The molecule has 1 aromatic heterocycles. The molecular weight excluding hydrogens is 856 g/mol. The highest BCUT2D eigenvalue weighted by molar-refractivity contribution is 7.94. The number of benzene rings is 2. The zero-order valence-electron chi connectivity index (χ0n) is 31.3. The molecule has 0 aliphatic carbocycles. The van der Waals surface area contributed by atoms with Gasteiger partial charge in [-0.25, -0.2) is 17.8 Å². The van der Waals surface area contributed by atoms with Crippen LogP contribution in [0.1, 0.15) is 37.3 Å². The van der Waals surface area contributed by atoms with E-state index in [1.54, 1.807) is 4.90 Å². The van der Waals surface area contributed by atoms with Crippen LogP contribution in [0.25, 0.3) is 5.69 Å². The summed E-state index contributed by atoms with van der Waals surface area (Å²) in [5, 5.41) is 13.6. The molecule has 4 N–H and O–H groups in total. The van der Waals surface area contributed by atoms with Gasteiger partial charge in [0, 0.05) is 6.61 Å². The lowest BCUT2D eigenvalue weighted by molar-refractivity contribution is -0.193.